The Hall–Kier alpha value is -2.42. The molecular formula is C17H14O3. The highest BCUT2D eigenvalue weighted by atomic mass is 16.5. The number of benzene rings is 2. The maximum atomic E-state index is 12.4. The second-order valence-electron chi connectivity index (χ2n) is 5.42. The number of ether oxygens (including phenoxy) is 1. The van der Waals surface area contributed by atoms with E-state index in [0.29, 0.717) is 11.3 Å². The van der Waals surface area contributed by atoms with Crippen LogP contribution in [0, 0.1) is 5.41 Å². The first-order valence-electron chi connectivity index (χ1n) is 6.47. The molecule has 0 unspecified atom stereocenters. The van der Waals surface area contributed by atoms with Crippen molar-refractivity contribution in [1.29, 1.82) is 0 Å². The van der Waals surface area contributed by atoms with Gasteiger partial charge in [-0.05, 0) is 37.1 Å². The van der Waals surface area contributed by atoms with E-state index in [1.807, 2.05) is 36.4 Å². The zero-order valence-corrected chi connectivity index (χ0v) is 11.3. The van der Waals surface area contributed by atoms with Crippen LogP contribution < -0.4 is 4.74 Å². The smallest absolute Gasteiger partial charge is 0.324 e. The standard InChI is InChI=1S/C17H14O3/c1-17(2)15(18)13-10-12(11-6-4-3-5-7-11)8-9-14(13)20-16(17)19/h3-10H,1-2H3. The molecule has 0 radical (unpaired) electrons. The maximum absolute atomic E-state index is 12.4. The van der Waals surface area contributed by atoms with E-state index in [9.17, 15) is 9.59 Å². The van der Waals surface area contributed by atoms with Gasteiger partial charge in [-0.1, -0.05) is 36.4 Å². The summed E-state index contributed by atoms with van der Waals surface area (Å²) >= 11 is 0. The van der Waals surface area contributed by atoms with Crippen LogP contribution >= 0.6 is 0 Å². The molecule has 3 nitrogen and oxygen atoms in total. The molecule has 20 heavy (non-hydrogen) atoms. The first-order chi connectivity index (χ1) is 9.50. The molecule has 1 aliphatic heterocycles. The van der Waals surface area contributed by atoms with Crippen LogP contribution in [0.3, 0.4) is 0 Å². The fraction of sp³-hybridized carbons (Fsp3) is 0.176. The van der Waals surface area contributed by atoms with Crippen molar-refractivity contribution in [2.45, 2.75) is 13.8 Å². The fourth-order valence-electron chi connectivity index (χ4n) is 2.26. The number of rotatable bonds is 1. The normalized spacial score (nSPS) is 16.5. The van der Waals surface area contributed by atoms with E-state index in [-0.39, 0.29) is 5.78 Å². The Morgan fingerprint density at radius 3 is 2.30 bits per heavy atom. The van der Waals surface area contributed by atoms with Crippen LogP contribution in [-0.4, -0.2) is 11.8 Å². The molecule has 0 amide bonds. The molecule has 0 bridgehead atoms. The highest BCUT2D eigenvalue weighted by Gasteiger charge is 2.43. The lowest BCUT2D eigenvalue weighted by Gasteiger charge is -2.27. The molecule has 0 atom stereocenters. The Kier molecular flexibility index (Phi) is 2.71. The Balaban J connectivity index is 2.13. The van der Waals surface area contributed by atoms with Crippen LogP contribution in [0.5, 0.6) is 5.75 Å². The number of fused-ring (bicyclic) bond motifs is 1. The average Bonchev–Trinajstić information content (AvgIpc) is 2.46. The highest BCUT2D eigenvalue weighted by molar-refractivity contribution is 6.16. The van der Waals surface area contributed by atoms with Gasteiger partial charge in [-0.25, -0.2) is 0 Å². The predicted octanol–water partition coefficient (Wildman–Crippen LogP) is 3.48. The Labute approximate surface area is 117 Å². The minimum absolute atomic E-state index is 0.193. The quantitative estimate of drug-likeness (QED) is 0.451. The summed E-state index contributed by atoms with van der Waals surface area (Å²) in [4.78, 5) is 24.2. The Morgan fingerprint density at radius 2 is 1.60 bits per heavy atom. The summed E-state index contributed by atoms with van der Waals surface area (Å²) < 4.78 is 5.25. The van der Waals surface area contributed by atoms with Crippen molar-refractivity contribution in [3.05, 3.63) is 54.1 Å². The summed E-state index contributed by atoms with van der Waals surface area (Å²) in [5, 5.41) is 0. The topological polar surface area (TPSA) is 43.4 Å². The molecule has 0 spiro atoms. The van der Waals surface area contributed by atoms with Crippen molar-refractivity contribution in [2.24, 2.45) is 5.41 Å². The number of esters is 1. The summed E-state index contributed by atoms with van der Waals surface area (Å²) in [6, 6.07) is 15.1. The molecule has 0 aromatic heterocycles. The number of Topliss-reactive ketones (excluding diaryl/α,β-unsaturated/α-hetero) is 1. The van der Waals surface area contributed by atoms with Gasteiger partial charge in [0, 0.05) is 0 Å². The van der Waals surface area contributed by atoms with Crippen molar-refractivity contribution in [1.82, 2.24) is 0 Å². The molecule has 2 aromatic carbocycles. The number of hydrogen-bond acceptors (Lipinski definition) is 3. The molecule has 2 aromatic rings. The third kappa shape index (κ3) is 1.83. The van der Waals surface area contributed by atoms with E-state index in [1.54, 1.807) is 26.0 Å². The van der Waals surface area contributed by atoms with Crippen molar-refractivity contribution >= 4 is 11.8 Å². The fourth-order valence-corrected chi connectivity index (χ4v) is 2.26. The van der Waals surface area contributed by atoms with Crippen LogP contribution in [0.2, 0.25) is 0 Å². The number of hydrogen-bond donors (Lipinski definition) is 0. The van der Waals surface area contributed by atoms with Crippen molar-refractivity contribution in [2.75, 3.05) is 0 Å². The summed E-state index contributed by atoms with van der Waals surface area (Å²) in [7, 11) is 0. The maximum Gasteiger partial charge on any atom is 0.324 e. The molecule has 0 saturated heterocycles. The lowest BCUT2D eigenvalue weighted by molar-refractivity contribution is -0.142. The van der Waals surface area contributed by atoms with Crippen molar-refractivity contribution in [3.8, 4) is 16.9 Å². The summed E-state index contributed by atoms with van der Waals surface area (Å²) in [6.07, 6.45) is 0. The second-order valence-corrected chi connectivity index (χ2v) is 5.42. The Morgan fingerprint density at radius 1 is 0.900 bits per heavy atom. The van der Waals surface area contributed by atoms with Gasteiger partial charge in [0.2, 0.25) is 0 Å². The molecule has 0 saturated carbocycles. The van der Waals surface area contributed by atoms with E-state index < -0.39 is 11.4 Å². The number of carbonyl (C=O) groups excluding carboxylic acids is 2. The van der Waals surface area contributed by atoms with Gasteiger partial charge in [-0.2, -0.15) is 0 Å². The summed E-state index contributed by atoms with van der Waals surface area (Å²) in [5.74, 6) is -0.344. The van der Waals surface area contributed by atoms with Gasteiger partial charge in [0.15, 0.2) is 5.78 Å². The number of carbonyl (C=O) groups is 2. The minimum atomic E-state index is -1.12. The van der Waals surface area contributed by atoms with Crippen LogP contribution in [0.15, 0.2) is 48.5 Å². The third-order valence-electron chi connectivity index (χ3n) is 3.61. The van der Waals surface area contributed by atoms with Crippen LogP contribution in [-0.2, 0) is 4.79 Å². The molecule has 0 aliphatic carbocycles. The van der Waals surface area contributed by atoms with Crippen LogP contribution in [0.25, 0.3) is 11.1 Å². The summed E-state index contributed by atoms with van der Waals surface area (Å²) in [6.45, 7) is 3.19. The second kappa shape index (κ2) is 4.30. The van der Waals surface area contributed by atoms with E-state index in [2.05, 4.69) is 0 Å². The zero-order valence-electron chi connectivity index (χ0n) is 11.3. The van der Waals surface area contributed by atoms with Crippen molar-refractivity contribution in [3.63, 3.8) is 0 Å². The van der Waals surface area contributed by atoms with Gasteiger partial charge in [0.25, 0.3) is 0 Å². The first kappa shape index (κ1) is 12.6. The van der Waals surface area contributed by atoms with Crippen LogP contribution in [0.4, 0.5) is 0 Å². The van der Waals surface area contributed by atoms with E-state index in [1.165, 1.54) is 0 Å². The van der Waals surface area contributed by atoms with E-state index in [0.717, 1.165) is 11.1 Å². The van der Waals surface area contributed by atoms with Gasteiger partial charge < -0.3 is 4.74 Å². The SMILES string of the molecule is CC1(C)C(=O)Oc2ccc(-c3ccccc3)cc2C1=O. The molecule has 3 heteroatoms. The highest BCUT2D eigenvalue weighted by Crippen LogP contribution is 2.37. The lowest BCUT2D eigenvalue weighted by Crippen LogP contribution is -2.41. The van der Waals surface area contributed by atoms with E-state index in [4.69, 9.17) is 4.74 Å². The van der Waals surface area contributed by atoms with Gasteiger partial charge in [-0.3, -0.25) is 9.59 Å². The molecular weight excluding hydrogens is 252 g/mol. The largest absolute Gasteiger partial charge is 0.425 e. The summed E-state index contributed by atoms with van der Waals surface area (Å²) in [5.41, 5.74) is 1.31. The molecule has 1 heterocycles. The minimum Gasteiger partial charge on any atom is -0.425 e. The van der Waals surface area contributed by atoms with Gasteiger partial charge in [0.05, 0.1) is 5.56 Å². The molecule has 3 rings (SSSR count). The average molecular weight is 266 g/mol. The molecule has 100 valence electrons. The monoisotopic (exact) mass is 266 g/mol. The molecule has 0 fully saturated rings. The number of ketones is 1. The predicted molar refractivity (Wildman–Crippen MR) is 75.6 cm³/mol. The molecule has 1 aliphatic rings. The van der Waals surface area contributed by atoms with Crippen molar-refractivity contribution < 1.29 is 14.3 Å². The third-order valence-corrected chi connectivity index (χ3v) is 3.61. The van der Waals surface area contributed by atoms with Crippen LogP contribution in [0.1, 0.15) is 24.2 Å². The molecule has 0 N–H and O–H groups in total. The zero-order chi connectivity index (χ0) is 14.3. The van der Waals surface area contributed by atoms with Gasteiger partial charge in [-0.15, -0.1) is 0 Å². The lowest BCUT2D eigenvalue weighted by atomic mass is 9.81. The first-order valence-corrected chi connectivity index (χ1v) is 6.47. The Bertz CT molecular complexity index is 699. The van der Waals surface area contributed by atoms with Gasteiger partial charge in [0.1, 0.15) is 11.2 Å². The van der Waals surface area contributed by atoms with E-state index >= 15 is 0 Å². The van der Waals surface area contributed by atoms with Gasteiger partial charge >= 0.3 is 5.97 Å².